The van der Waals surface area contributed by atoms with Gasteiger partial charge in [-0.15, -0.1) is 0 Å². The molecule has 0 N–H and O–H groups in total. The summed E-state index contributed by atoms with van der Waals surface area (Å²) in [5.74, 6) is 4.10. The van der Waals surface area contributed by atoms with E-state index in [2.05, 4.69) is 27.7 Å². The Hall–Kier alpha value is 0. The lowest BCUT2D eigenvalue weighted by Gasteiger charge is -2.35. The lowest BCUT2D eigenvalue weighted by molar-refractivity contribution is 0.159. The summed E-state index contributed by atoms with van der Waals surface area (Å²) in [5.41, 5.74) is 0. The maximum absolute atomic E-state index is 2.51. The molecule has 0 heterocycles. The van der Waals surface area contributed by atoms with Crippen LogP contribution in [0.1, 0.15) is 85.5 Å². The van der Waals surface area contributed by atoms with E-state index in [9.17, 15) is 0 Å². The Labute approximate surface area is 110 Å². The van der Waals surface area contributed by atoms with Gasteiger partial charge in [-0.05, 0) is 42.9 Å². The maximum atomic E-state index is 2.51. The van der Waals surface area contributed by atoms with Gasteiger partial charge in [-0.2, -0.15) is 0 Å². The van der Waals surface area contributed by atoms with E-state index in [0.29, 0.717) is 0 Å². The van der Waals surface area contributed by atoms with Crippen LogP contribution in [0.3, 0.4) is 0 Å². The minimum Gasteiger partial charge on any atom is -0.0654 e. The van der Waals surface area contributed by atoms with E-state index in [1.54, 1.807) is 0 Å². The van der Waals surface area contributed by atoms with Crippen LogP contribution in [0.4, 0.5) is 0 Å². The van der Waals surface area contributed by atoms with Crippen molar-refractivity contribution in [2.45, 2.75) is 85.5 Å². The van der Waals surface area contributed by atoms with Crippen LogP contribution < -0.4 is 0 Å². The van der Waals surface area contributed by atoms with Crippen molar-refractivity contribution in [3.63, 3.8) is 0 Å². The van der Waals surface area contributed by atoms with E-state index < -0.39 is 0 Å². The van der Waals surface area contributed by atoms with Crippen molar-refractivity contribution in [2.24, 2.45) is 23.7 Å². The molecule has 1 saturated carbocycles. The number of hydrogen-bond acceptors (Lipinski definition) is 0. The largest absolute Gasteiger partial charge is 0.0654 e. The molecule has 1 aliphatic carbocycles. The van der Waals surface area contributed by atoms with Crippen LogP contribution in [-0.4, -0.2) is 0 Å². The predicted octanol–water partition coefficient (Wildman–Crippen LogP) is 6.06. The first-order chi connectivity index (χ1) is 8.21. The van der Waals surface area contributed by atoms with E-state index in [1.165, 1.54) is 57.8 Å². The van der Waals surface area contributed by atoms with Crippen LogP contribution in [0.25, 0.3) is 0 Å². The molecule has 0 spiro atoms. The second-order valence-corrected chi connectivity index (χ2v) is 6.50. The number of rotatable bonds is 7. The molecule has 0 aromatic rings. The summed E-state index contributed by atoms with van der Waals surface area (Å²) < 4.78 is 0. The molecule has 1 fully saturated rings. The van der Waals surface area contributed by atoms with Gasteiger partial charge >= 0.3 is 0 Å². The number of hydrogen-bond donors (Lipinski definition) is 0. The van der Waals surface area contributed by atoms with E-state index >= 15 is 0 Å². The van der Waals surface area contributed by atoms with Gasteiger partial charge in [0.15, 0.2) is 0 Å². The molecule has 102 valence electrons. The summed E-state index contributed by atoms with van der Waals surface area (Å²) in [5, 5.41) is 0. The van der Waals surface area contributed by atoms with Gasteiger partial charge in [0.05, 0.1) is 0 Å². The van der Waals surface area contributed by atoms with Gasteiger partial charge in [-0.1, -0.05) is 66.2 Å². The molecule has 0 nitrogen and oxygen atoms in total. The van der Waals surface area contributed by atoms with Gasteiger partial charge in [0.25, 0.3) is 0 Å². The van der Waals surface area contributed by atoms with Crippen LogP contribution in [0, 0.1) is 23.7 Å². The van der Waals surface area contributed by atoms with Crippen LogP contribution in [0.15, 0.2) is 0 Å². The zero-order valence-corrected chi connectivity index (χ0v) is 12.7. The Kier molecular flexibility index (Phi) is 7.23. The molecule has 17 heavy (non-hydrogen) atoms. The smallest absolute Gasteiger partial charge is 0.0388 e. The summed E-state index contributed by atoms with van der Waals surface area (Å²) in [6.45, 7) is 9.57. The van der Waals surface area contributed by atoms with Gasteiger partial charge in [-0.3, -0.25) is 0 Å². The predicted molar refractivity (Wildman–Crippen MR) is 78.2 cm³/mol. The topological polar surface area (TPSA) is 0 Å². The molecular weight excluding hydrogens is 204 g/mol. The standard InChI is InChI=1S/C17H34/c1-5-8-15(7-3)13-16-10-11-17(9-6-2)14(4)12-16/h14-17H,5-13H2,1-4H3. The van der Waals surface area contributed by atoms with Gasteiger partial charge in [0.2, 0.25) is 0 Å². The molecule has 0 saturated heterocycles. The average Bonchev–Trinajstić information content (AvgIpc) is 2.32. The Balaban J connectivity index is 2.33. The Morgan fingerprint density at radius 3 is 2.35 bits per heavy atom. The first kappa shape index (κ1) is 15.1. The molecule has 4 atom stereocenters. The van der Waals surface area contributed by atoms with Gasteiger partial charge < -0.3 is 0 Å². The third kappa shape index (κ3) is 5.02. The van der Waals surface area contributed by atoms with E-state index in [-0.39, 0.29) is 0 Å². The van der Waals surface area contributed by atoms with Crippen molar-refractivity contribution in [1.82, 2.24) is 0 Å². The quantitative estimate of drug-likeness (QED) is 0.506. The molecule has 0 amide bonds. The third-order valence-electron chi connectivity index (χ3n) is 5.06. The lowest BCUT2D eigenvalue weighted by Crippen LogP contribution is -2.24. The minimum absolute atomic E-state index is 0.993. The zero-order valence-electron chi connectivity index (χ0n) is 12.7. The molecule has 0 aromatic heterocycles. The molecule has 1 rings (SSSR count). The highest BCUT2D eigenvalue weighted by molar-refractivity contribution is 4.79. The molecule has 4 unspecified atom stereocenters. The van der Waals surface area contributed by atoms with Crippen molar-refractivity contribution in [3.8, 4) is 0 Å². The summed E-state index contributed by atoms with van der Waals surface area (Å²) in [7, 11) is 0. The van der Waals surface area contributed by atoms with E-state index in [4.69, 9.17) is 0 Å². The highest BCUT2D eigenvalue weighted by atomic mass is 14.3. The second-order valence-electron chi connectivity index (χ2n) is 6.50. The van der Waals surface area contributed by atoms with E-state index in [1.807, 2.05) is 0 Å². The van der Waals surface area contributed by atoms with Crippen molar-refractivity contribution in [2.75, 3.05) is 0 Å². The summed E-state index contributed by atoms with van der Waals surface area (Å²) >= 11 is 0. The molecule has 0 bridgehead atoms. The molecule has 0 aromatic carbocycles. The van der Waals surface area contributed by atoms with Gasteiger partial charge in [0, 0.05) is 0 Å². The SMILES string of the molecule is CCCC(CC)CC1CCC(CCC)C(C)C1. The fraction of sp³-hybridized carbons (Fsp3) is 1.00. The summed E-state index contributed by atoms with van der Waals surface area (Å²) in [6.07, 6.45) is 13.2. The Morgan fingerprint density at radius 2 is 1.82 bits per heavy atom. The lowest BCUT2D eigenvalue weighted by atomic mass is 9.70. The third-order valence-corrected chi connectivity index (χ3v) is 5.06. The first-order valence-corrected chi connectivity index (χ1v) is 8.21. The molecule has 0 radical (unpaired) electrons. The van der Waals surface area contributed by atoms with Crippen molar-refractivity contribution in [1.29, 1.82) is 0 Å². The monoisotopic (exact) mass is 238 g/mol. The van der Waals surface area contributed by atoms with Crippen LogP contribution in [-0.2, 0) is 0 Å². The molecule has 0 aliphatic heterocycles. The van der Waals surface area contributed by atoms with E-state index in [0.717, 1.165) is 23.7 Å². The first-order valence-electron chi connectivity index (χ1n) is 8.21. The fourth-order valence-corrected chi connectivity index (χ4v) is 3.95. The maximum Gasteiger partial charge on any atom is -0.0388 e. The van der Waals surface area contributed by atoms with Crippen LogP contribution >= 0.6 is 0 Å². The zero-order chi connectivity index (χ0) is 12.7. The van der Waals surface area contributed by atoms with Gasteiger partial charge in [0.1, 0.15) is 0 Å². The highest BCUT2D eigenvalue weighted by Crippen LogP contribution is 2.39. The minimum atomic E-state index is 0.993. The molecule has 0 heteroatoms. The highest BCUT2D eigenvalue weighted by Gasteiger charge is 2.27. The van der Waals surface area contributed by atoms with Crippen molar-refractivity contribution in [3.05, 3.63) is 0 Å². The van der Waals surface area contributed by atoms with Gasteiger partial charge in [-0.25, -0.2) is 0 Å². The average molecular weight is 238 g/mol. The molecular formula is C17H34. The molecule has 1 aliphatic rings. The summed E-state index contributed by atoms with van der Waals surface area (Å²) in [6, 6.07) is 0. The van der Waals surface area contributed by atoms with Crippen molar-refractivity contribution >= 4 is 0 Å². The fourth-order valence-electron chi connectivity index (χ4n) is 3.95. The van der Waals surface area contributed by atoms with Crippen molar-refractivity contribution < 1.29 is 0 Å². The Bertz CT molecular complexity index is 184. The Morgan fingerprint density at radius 1 is 1.06 bits per heavy atom. The summed E-state index contributed by atoms with van der Waals surface area (Å²) in [4.78, 5) is 0. The van der Waals surface area contributed by atoms with Crippen LogP contribution in [0.2, 0.25) is 0 Å². The normalized spacial score (nSPS) is 31.4. The second kappa shape index (κ2) is 8.16. The van der Waals surface area contributed by atoms with Crippen LogP contribution in [0.5, 0.6) is 0 Å².